The molecule has 6 heteroatoms. The minimum Gasteiger partial charge on any atom is -0.380 e. The Balaban J connectivity index is 2.10. The molecule has 0 unspecified atom stereocenters. The van der Waals surface area contributed by atoms with Gasteiger partial charge in [0.1, 0.15) is 0 Å². The Hall–Kier alpha value is -1.17. The fourth-order valence-electron chi connectivity index (χ4n) is 2.39. The zero-order valence-electron chi connectivity index (χ0n) is 9.54. The Bertz CT molecular complexity index is 424. The van der Waals surface area contributed by atoms with Crippen molar-refractivity contribution in [3.8, 4) is 0 Å². The molecule has 0 amide bonds. The first-order valence-electron chi connectivity index (χ1n) is 5.73. The van der Waals surface area contributed by atoms with Crippen LogP contribution in [0.1, 0.15) is 37.2 Å². The van der Waals surface area contributed by atoms with Crippen molar-refractivity contribution >= 4 is 0 Å². The van der Waals surface area contributed by atoms with Gasteiger partial charge in [-0.1, -0.05) is 6.07 Å². The molecule has 0 atom stereocenters. The predicted molar refractivity (Wildman–Crippen MR) is 56.4 cm³/mol. The highest BCUT2D eigenvalue weighted by molar-refractivity contribution is 5.18. The van der Waals surface area contributed by atoms with Crippen molar-refractivity contribution in [2.24, 2.45) is 0 Å². The third-order valence-corrected chi connectivity index (χ3v) is 3.57. The van der Waals surface area contributed by atoms with Gasteiger partial charge in [-0.25, -0.2) is 4.98 Å². The summed E-state index contributed by atoms with van der Waals surface area (Å²) in [5.74, 6) is -0.943. The number of halogens is 4. The lowest BCUT2D eigenvalue weighted by Gasteiger charge is -2.37. The van der Waals surface area contributed by atoms with Crippen molar-refractivity contribution in [3.05, 3.63) is 29.8 Å². The van der Waals surface area contributed by atoms with Gasteiger partial charge < -0.3 is 5.11 Å². The lowest BCUT2D eigenvalue weighted by Crippen LogP contribution is -2.47. The highest BCUT2D eigenvalue weighted by atomic mass is 19.4. The number of pyridine rings is 1. The molecule has 1 fully saturated rings. The molecule has 1 N–H and O–H groups in total. The van der Waals surface area contributed by atoms with Crippen LogP contribution < -0.4 is 0 Å². The molecule has 0 radical (unpaired) electrons. The third-order valence-electron chi connectivity index (χ3n) is 3.57. The second kappa shape index (κ2) is 4.50. The molecule has 0 saturated heterocycles. The van der Waals surface area contributed by atoms with E-state index in [-0.39, 0.29) is 18.8 Å². The largest absolute Gasteiger partial charge is 0.417 e. The van der Waals surface area contributed by atoms with E-state index in [0.29, 0.717) is 5.56 Å². The monoisotopic (exact) mass is 263 g/mol. The summed E-state index contributed by atoms with van der Waals surface area (Å²) in [6.45, 7) is 0. The zero-order chi connectivity index (χ0) is 13.4. The van der Waals surface area contributed by atoms with Crippen molar-refractivity contribution in [2.45, 2.75) is 43.4 Å². The Labute approximate surface area is 102 Å². The molecule has 100 valence electrons. The van der Waals surface area contributed by atoms with Gasteiger partial charge in [0.05, 0.1) is 0 Å². The fraction of sp³-hybridized carbons (Fsp3) is 0.583. The Kier molecular flexibility index (Phi) is 3.31. The summed E-state index contributed by atoms with van der Waals surface area (Å²) in [5.41, 5.74) is -2.29. The van der Waals surface area contributed by atoms with Crippen molar-refractivity contribution in [1.82, 2.24) is 4.98 Å². The molecule has 0 spiro atoms. The van der Waals surface area contributed by atoms with E-state index < -0.39 is 30.6 Å². The van der Waals surface area contributed by atoms with Crippen LogP contribution in [0.15, 0.2) is 18.3 Å². The maximum Gasteiger partial charge on any atom is 0.417 e. The van der Waals surface area contributed by atoms with Crippen molar-refractivity contribution in [3.63, 3.8) is 0 Å². The summed E-state index contributed by atoms with van der Waals surface area (Å²) in [7, 11) is 0. The van der Waals surface area contributed by atoms with Gasteiger partial charge in [-0.05, 0) is 37.7 Å². The summed E-state index contributed by atoms with van der Waals surface area (Å²) >= 11 is 0. The van der Waals surface area contributed by atoms with Gasteiger partial charge >= 0.3 is 6.18 Å². The van der Waals surface area contributed by atoms with E-state index in [4.69, 9.17) is 0 Å². The maximum atomic E-state index is 13.4. The maximum absolute atomic E-state index is 13.4. The molecule has 0 aliphatic heterocycles. The molecule has 0 bridgehead atoms. The molecule has 1 heterocycles. The SMILES string of the molecule is OC1(C(F)(F)F)CCC(c2cccnc2F)CC1. The van der Waals surface area contributed by atoms with E-state index in [1.165, 1.54) is 12.3 Å². The molecule has 2 nitrogen and oxygen atoms in total. The summed E-state index contributed by atoms with van der Waals surface area (Å²) in [5, 5.41) is 9.51. The van der Waals surface area contributed by atoms with Gasteiger partial charge in [0, 0.05) is 11.8 Å². The summed E-state index contributed by atoms with van der Waals surface area (Å²) in [6.07, 6.45) is -3.89. The fourth-order valence-corrected chi connectivity index (χ4v) is 2.39. The van der Waals surface area contributed by atoms with E-state index in [0.717, 1.165) is 0 Å². The first-order valence-corrected chi connectivity index (χ1v) is 5.73. The second-order valence-electron chi connectivity index (χ2n) is 4.69. The van der Waals surface area contributed by atoms with Crippen molar-refractivity contribution < 1.29 is 22.7 Å². The van der Waals surface area contributed by atoms with Gasteiger partial charge in [0.2, 0.25) is 5.95 Å². The van der Waals surface area contributed by atoms with E-state index in [1.807, 2.05) is 0 Å². The average Bonchev–Trinajstić information content (AvgIpc) is 2.30. The summed E-state index contributed by atoms with van der Waals surface area (Å²) in [4.78, 5) is 3.49. The standard InChI is InChI=1S/C12H13F4NO/c13-10-9(2-1-7-17-10)8-3-5-11(18,6-4-8)12(14,15)16/h1-2,7-8,18H,3-6H2. The van der Waals surface area contributed by atoms with E-state index >= 15 is 0 Å². The van der Waals surface area contributed by atoms with E-state index in [1.54, 1.807) is 6.07 Å². The van der Waals surface area contributed by atoms with Crippen molar-refractivity contribution in [2.75, 3.05) is 0 Å². The van der Waals surface area contributed by atoms with Crippen LogP contribution in [-0.4, -0.2) is 21.9 Å². The van der Waals surface area contributed by atoms with Crippen molar-refractivity contribution in [1.29, 1.82) is 0 Å². The molecule has 1 aliphatic rings. The Morgan fingerprint density at radius 1 is 1.28 bits per heavy atom. The molecule has 1 saturated carbocycles. The Morgan fingerprint density at radius 2 is 1.89 bits per heavy atom. The number of aliphatic hydroxyl groups is 1. The van der Waals surface area contributed by atoms with Crippen LogP contribution in [0.4, 0.5) is 17.6 Å². The highest BCUT2D eigenvalue weighted by Gasteiger charge is 2.54. The quantitative estimate of drug-likeness (QED) is 0.623. The lowest BCUT2D eigenvalue weighted by molar-refractivity contribution is -0.270. The topological polar surface area (TPSA) is 33.1 Å². The minimum atomic E-state index is -4.62. The molecular formula is C12H13F4NO. The zero-order valence-corrected chi connectivity index (χ0v) is 9.54. The Morgan fingerprint density at radius 3 is 2.39 bits per heavy atom. The van der Waals surface area contributed by atoms with Crippen LogP contribution >= 0.6 is 0 Å². The molecule has 1 aromatic heterocycles. The van der Waals surface area contributed by atoms with Crippen LogP contribution in [0.3, 0.4) is 0 Å². The van der Waals surface area contributed by atoms with Gasteiger partial charge in [-0.15, -0.1) is 0 Å². The molecule has 0 aromatic carbocycles. The van der Waals surface area contributed by atoms with Gasteiger partial charge in [-0.2, -0.15) is 17.6 Å². The van der Waals surface area contributed by atoms with Crippen LogP contribution in [0.25, 0.3) is 0 Å². The number of alkyl halides is 3. The van der Waals surface area contributed by atoms with Gasteiger partial charge in [0.25, 0.3) is 0 Å². The van der Waals surface area contributed by atoms with Crippen LogP contribution in [-0.2, 0) is 0 Å². The summed E-state index contributed by atoms with van der Waals surface area (Å²) < 4.78 is 51.2. The normalized spacial score (nSPS) is 29.3. The molecular weight excluding hydrogens is 250 g/mol. The van der Waals surface area contributed by atoms with Gasteiger partial charge in [0.15, 0.2) is 5.60 Å². The first kappa shape index (κ1) is 13.3. The van der Waals surface area contributed by atoms with Crippen LogP contribution in [0.5, 0.6) is 0 Å². The van der Waals surface area contributed by atoms with Gasteiger partial charge in [-0.3, -0.25) is 0 Å². The highest BCUT2D eigenvalue weighted by Crippen LogP contribution is 2.45. The second-order valence-corrected chi connectivity index (χ2v) is 4.69. The molecule has 18 heavy (non-hydrogen) atoms. The summed E-state index contributed by atoms with van der Waals surface area (Å²) in [6, 6.07) is 3.09. The molecule has 1 aromatic rings. The molecule has 2 rings (SSSR count). The predicted octanol–water partition coefficient (Wildman–Crippen LogP) is 3.17. The number of aromatic nitrogens is 1. The molecule has 1 aliphatic carbocycles. The average molecular weight is 263 g/mol. The van der Waals surface area contributed by atoms with Crippen LogP contribution in [0, 0.1) is 5.95 Å². The number of hydrogen-bond acceptors (Lipinski definition) is 2. The first-order chi connectivity index (χ1) is 8.33. The number of hydrogen-bond donors (Lipinski definition) is 1. The minimum absolute atomic E-state index is 0.110. The lowest BCUT2D eigenvalue weighted by atomic mass is 9.76. The van der Waals surface area contributed by atoms with E-state index in [2.05, 4.69) is 4.98 Å². The number of rotatable bonds is 1. The van der Waals surface area contributed by atoms with Crippen LogP contribution in [0.2, 0.25) is 0 Å². The number of nitrogens with zero attached hydrogens (tertiary/aromatic N) is 1. The van der Waals surface area contributed by atoms with E-state index in [9.17, 15) is 22.7 Å². The smallest absolute Gasteiger partial charge is 0.380 e. The third kappa shape index (κ3) is 2.34.